The Bertz CT molecular complexity index is 1890. The molecule has 40 heavy (non-hydrogen) atoms. The average Bonchev–Trinajstić information content (AvgIpc) is 3.42. The number of hydrogen-bond donors (Lipinski definition) is 0. The first-order chi connectivity index (χ1) is 19.7. The highest BCUT2D eigenvalue weighted by Crippen LogP contribution is 2.31. The zero-order valence-electron chi connectivity index (χ0n) is 21.3. The summed E-state index contributed by atoms with van der Waals surface area (Å²) in [5.74, 6) is 2.22. The fourth-order valence-corrected chi connectivity index (χ4v) is 4.80. The number of halogens is 1. The maximum absolute atomic E-state index is 13.7. The third kappa shape index (κ3) is 4.41. The number of para-hydroxylation sites is 2. The predicted molar refractivity (Wildman–Crippen MR) is 156 cm³/mol. The van der Waals surface area contributed by atoms with Gasteiger partial charge in [0.25, 0.3) is 0 Å². The number of benzene rings is 5. The van der Waals surface area contributed by atoms with Crippen LogP contribution in [0.15, 0.2) is 133 Å². The van der Waals surface area contributed by atoms with Crippen molar-refractivity contribution in [3.63, 3.8) is 0 Å². The van der Waals surface area contributed by atoms with E-state index in [2.05, 4.69) is 10.6 Å². The third-order valence-corrected chi connectivity index (χ3v) is 6.73. The van der Waals surface area contributed by atoms with Gasteiger partial charge in [0.2, 0.25) is 0 Å². The maximum Gasteiger partial charge on any atom is 0.164 e. The van der Waals surface area contributed by atoms with E-state index in [0.717, 1.165) is 44.8 Å². The Morgan fingerprint density at radius 1 is 0.450 bits per heavy atom. The van der Waals surface area contributed by atoms with Gasteiger partial charge in [0.05, 0.1) is 11.0 Å². The van der Waals surface area contributed by atoms with E-state index in [4.69, 9.17) is 19.9 Å². The van der Waals surface area contributed by atoms with Crippen molar-refractivity contribution in [2.75, 3.05) is 0 Å². The molecule has 7 aromatic rings. The molecule has 0 saturated heterocycles. The number of imidazole rings is 1. The molecule has 0 amide bonds. The molecule has 0 aliphatic carbocycles. The van der Waals surface area contributed by atoms with Gasteiger partial charge in [0.1, 0.15) is 11.6 Å². The minimum atomic E-state index is -0.285. The zero-order chi connectivity index (χ0) is 26.9. The van der Waals surface area contributed by atoms with Crippen LogP contribution in [-0.4, -0.2) is 24.5 Å². The minimum Gasteiger partial charge on any atom is -0.292 e. The molecule has 0 radical (unpaired) electrons. The molecule has 0 bridgehead atoms. The molecular weight excluding hydrogens is 497 g/mol. The van der Waals surface area contributed by atoms with Crippen molar-refractivity contribution in [2.24, 2.45) is 0 Å². The first kappa shape index (κ1) is 23.6. The van der Waals surface area contributed by atoms with E-state index in [9.17, 15) is 4.39 Å². The number of rotatable bonds is 5. The first-order valence-corrected chi connectivity index (χ1v) is 12.9. The van der Waals surface area contributed by atoms with Crippen molar-refractivity contribution < 1.29 is 4.39 Å². The van der Waals surface area contributed by atoms with Crippen LogP contribution in [0.1, 0.15) is 0 Å². The largest absolute Gasteiger partial charge is 0.292 e. The molecule has 5 nitrogen and oxygen atoms in total. The van der Waals surface area contributed by atoms with Crippen LogP contribution in [0.2, 0.25) is 0 Å². The molecule has 0 fully saturated rings. The van der Waals surface area contributed by atoms with Gasteiger partial charge in [-0.15, -0.1) is 0 Å². The van der Waals surface area contributed by atoms with E-state index in [1.165, 1.54) is 12.1 Å². The molecule has 0 aliphatic heterocycles. The fraction of sp³-hybridized carbons (Fsp3) is 0. The summed E-state index contributed by atoms with van der Waals surface area (Å²) in [4.78, 5) is 19.5. The second-order valence-electron chi connectivity index (χ2n) is 9.36. The summed E-state index contributed by atoms with van der Waals surface area (Å²) in [5.41, 5.74) is 6.19. The first-order valence-electron chi connectivity index (χ1n) is 12.9. The van der Waals surface area contributed by atoms with Gasteiger partial charge in [-0.05, 0) is 48.5 Å². The highest BCUT2D eigenvalue weighted by molar-refractivity contribution is 5.83. The maximum atomic E-state index is 13.7. The molecule has 0 unspecified atom stereocenters. The summed E-state index contributed by atoms with van der Waals surface area (Å²) >= 11 is 0. The summed E-state index contributed by atoms with van der Waals surface area (Å²) in [7, 11) is 0. The van der Waals surface area contributed by atoms with E-state index < -0.39 is 0 Å². The third-order valence-electron chi connectivity index (χ3n) is 6.73. The molecule has 0 N–H and O–H groups in total. The molecule has 0 aliphatic rings. The van der Waals surface area contributed by atoms with E-state index in [-0.39, 0.29) is 5.82 Å². The molecule has 2 aromatic heterocycles. The van der Waals surface area contributed by atoms with Gasteiger partial charge in [-0.2, -0.15) is 0 Å². The SMILES string of the molecule is Fc1ccc(-c2nc3ccccc3n2-c2cccc(-c3nc(-c4ccccc4)nc(-c4ccccc4)n3)c2)cc1. The van der Waals surface area contributed by atoms with Crippen LogP contribution in [0, 0.1) is 5.82 Å². The smallest absolute Gasteiger partial charge is 0.164 e. The van der Waals surface area contributed by atoms with Gasteiger partial charge >= 0.3 is 0 Å². The topological polar surface area (TPSA) is 56.5 Å². The number of nitrogens with zero attached hydrogens (tertiary/aromatic N) is 5. The van der Waals surface area contributed by atoms with Gasteiger partial charge < -0.3 is 0 Å². The van der Waals surface area contributed by atoms with Gasteiger partial charge in [-0.25, -0.2) is 24.3 Å². The highest BCUT2D eigenvalue weighted by atomic mass is 19.1. The molecule has 0 spiro atoms. The highest BCUT2D eigenvalue weighted by Gasteiger charge is 2.17. The molecule has 0 atom stereocenters. The van der Waals surface area contributed by atoms with E-state index in [0.29, 0.717) is 17.5 Å². The minimum absolute atomic E-state index is 0.285. The zero-order valence-corrected chi connectivity index (χ0v) is 21.3. The lowest BCUT2D eigenvalue weighted by Crippen LogP contribution is -2.01. The van der Waals surface area contributed by atoms with Gasteiger partial charge in [-0.1, -0.05) is 84.9 Å². The number of fused-ring (bicyclic) bond motifs is 1. The summed E-state index contributed by atoms with van der Waals surface area (Å²) in [6, 6.07) is 42.3. The Morgan fingerprint density at radius 3 is 1.65 bits per heavy atom. The molecule has 6 heteroatoms. The molecular formula is C34H22FN5. The van der Waals surface area contributed by atoms with Crippen molar-refractivity contribution in [2.45, 2.75) is 0 Å². The van der Waals surface area contributed by atoms with Crippen molar-refractivity contribution in [1.29, 1.82) is 0 Å². The fourth-order valence-electron chi connectivity index (χ4n) is 4.80. The van der Waals surface area contributed by atoms with Crippen molar-refractivity contribution >= 4 is 11.0 Å². The molecule has 7 rings (SSSR count). The van der Waals surface area contributed by atoms with Crippen molar-refractivity contribution in [1.82, 2.24) is 24.5 Å². The van der Waals surface area contributed by atoms with Gasteiger partial charge in [0, 0.05) is 27.9 Å². The lowest BCUT2D eigenvalue weighted by Gasteiger charge is -2.12. The number of hydrogen-bond acceptors (Lipinski definition) is 4. The summed E-state index contributed by atoms with van der Waals surface area (Å²) in [6.45, 7) is 0. The predicted octanol–water partition coefficient (Wildman–Crippen LogP) is 8.02. The summed E-state index contributed by atoms with van der Waals surface area (Å²) in [6.07, 6.45) is 0. The van der Waals surface area contributed by atoms with E-state index in [1.54, 1.807) is 12.1 Å². The summed E-state index contributed by atoms with van der Waals surface area (Å²) < 4.78 is 15.8. The van der Waals surface area contributed by atoms with E-state index >= 15 is 0 Å². The quantitative estimate of drug-likeness (QED) is 0.231. The Hall–Kier alpha value is -5.49. The van der Waals surface area contributed by atoms with Crippen molar-refractivity contribution in [3.8, 4) is 51.2 Å². The van der Waals surface area contributed by atoms with Crippen LogP contribution in [-0.2, 0) is 0 Å². The lowest BCUT2D eigenvalue weighted by molar-refractivity contribution is 0.628. The Labute approximate surface area is 230 Å². The normalized spacial score (nSPS) is 11.1. The Kier molecular flexibility index (Phi) is 5.90. The lowest BCUT2D eigenvalue weighted by atomic mass is 10.1. The van der Waals surface area contributed by atoms with Crippen LogP contribution >= 0.6 is 0 Å². The molecule has 2 heterocycles. The van der Waals surface area contributed by atoms with Gasteiger partial charge in [-0.3, -0.25) is 4.57 Å². The second kappa shape index (κ2) is 10.0. The van der Waals surface area contributed by atoms with Crippen LogP contribution < -0.4 is 0 Å². The standard InChI is InChI=1S/C34H22FN5/c35-27-20-18-25(19-21-27)34-36-29-16-7-8-17-30(29)40(34)28-15-9-14-26(22-28)33-38-31(23-10-3-1-4-11-23)37-32(39-33)24-12-5-2-6-13-24/h1-22H. The summed E-state index contributed by atoms with van der Waals surface area (Å²) in [5, 5.41) is 0. The van der Waals surface area contributed by atoms with Crippen LogP contribution in [0.4, 0.5) is 4.39 Å². The van der Waals surface area contributed by atoms with Gasteiger partial charge in [0.15, 0.2) is 17.5 Å². The van der Waals surface area contributed by atoms with Crippen LogP contribution in [0.5, 0.6) is 0 Å². The van der Waals surface area contributed by atoms with Crippen LogP contribution in [0.25, 0.3) is 62.3 Å². The monoisotopic (exact) mass is 519 g/mol. The second-order valence-corrected chi connectivity index (χ2v) is 9.36. The Morgan fingerprint density at radius 2 is 1.00 bits per heavy atom. The van der Waals surface area contributed by atoms with Crippen LogP contribution in [0.3, 0.4) is 0 Å². The average molecular weight is 520 g/mol. The molecule has 0 saturated carbocycles. The molecule has 190 valence electrons. The molecule has 5 aromatic carbocycles. The van der Waals surface area contributed by atoms with Crippen molar-refractivity contribution in [3.05, 3.63) is 139 Å². The Balaban J connectivity index is 1.41. The van der Waals surface area contributed by atoms with E-state index in [1.807, 2.05) is 103 Å². The number of aromatic nitrogens is 5.